The Morgan fingerprint density at radius 1 is 1.22 bits per heavy atom. The highest BCUT2D eigenvalue weighted by Gasteiger charge is 2.21. The molecule has 1 atom stereocenters. The van der Waals surface area contributed by atoms with E-state index in [-0.39, 0.29) is 11.9 Å². The summed E-state index contributed by atoms with van der Waals surface area (Å²) in [5.41, 5.74) is 3.79. The lowest BCUT2D eigenvalue weighted by atomic mass is 9.87. The van der Waals surface area contributed by atoms with Gasteiger partial charge in [0.05, 0.1) is 13.2 Å². The highest BCUT2D eigenvalue weighted by atomic mass is 16.5. The Morgan fingerprint density at radius 2 is 2.09 bits per heavy atom. The van der Waals surface area contributed by atoms with Gasteiger partial charge in [0.2, 0.25) is 5.91 Å². The molecule has 2 aromatic carbocycles. The number of methoxy groups -OCH3 is 1. The van der Waals surface area contributed by atoms with Crippen molar-refractivity contribution >= 4 is 5.91 Å². The Kier molecular flexibility index (Phi) is 4.96. The molecular weight excluding hydrogens is 286 g/mol. The van der Waals surface area contributed by atoms with Crippen molar-refractivity contribution < 1.29 is 9.53 Å². The van der Waals surface area contributed by atoms with Crippen LogP contribution in [0.15, 0.2) is 48.5 Å². The normalized spacial score (nSPS) is 16.5. The van der Waals surface area contributed by atoms with Gasteiger partial charge in [-0.25, -0.2) is 0 Å². The third-order valence-electron chi connectivity index (χ3n) is 4.48. The Morgan fingerprint density at radius 3 is 2.96 bits per heavy atom. The lowest BCUT2D eigenvalue weighted by Crippen LogP contribution is -2.31. The van der Waals surface area contributed by atoms with Crippen molar-refractivity contribution in [3.8, 4) is 5.75 Å². The lowest BCUT2D eigenvalue weighted by molar-refractivity contribution is -0.121. The maximum Gasteiger partial charge on any atom is 0.220 e. The second-order valence-corrected chi connectivity index (χ2v) is 6.06. The van der Waals surface area contributed by atoms with Crippen LogP contribution in [0.5, 0.6) is 5.75 Å². The fraction of sp³-hybridized carbons (Fsp3) is 0.350. The highest BCUT2D eigenvalue weighted by molar-refractivity contribution is 5.76. The lowest BCUT2D eigenvalue weighted by Gasteiger charge is -2.26. The number of hydrogen-bond acceptors (Lipinski definition) is 2. The van der Waals surface area contributed by atoms with E-state index < -0.39 is 0 Å². The van der Waals surface area contributed by atoms with Gasteiger partial charge in [0, 0.05) is 6.42 Å². The monoisotopic (exact) mass is 309 g/mol. The summed E-state index contributed by atoms with van der Waals surface area (Å²) < 4.78 is 5.22. The molecule has 0 saturated carbocycles. The number of carbonyl (C=O) groups is 1. The molecule has 1 aliphatic carbocycles. The zero-order chi connectivity index (χ0) is 16.1. The van der Waals surface area contributed by atoms with Crippen molar-refractivity contribution in [1.82, 2.24) is 5.32 Å². The van der Waals surface area contributed by atoms with Crippen LogP contribution in [0, 0.1) is 0 Å². The van der Waals surface area contributed by atoms with Crippen LogP contribution in [0.4, 0.5) is 0 Å². The molecule has 0 fully saturated rings. The molecule has 23 heavy (non-hydrogen) atoms. The Labute approximate surface area is 137 Å². The van der Waals surface area contributed by atoms with E-state index in [1.165, 1.54) is 11.1 Å². The molecule has 0 spiro atoms. The summed E-state index contributed by atoms with van der Waals surface area (Å²) in [5, 5.41) is 3.20. The van der Waals surface area contributed by atoms with Crippen LogP contribution in [0.2, 0.25) is 0 Å². The zero-order valence-corrected chi connectivity index (χ0v) is 13.5. The molecule has 1 N–H and O–H groups in total. The Balaban J connectivity index is 1.58. The largest absolute Gasteiger partial charge is 0.497 e. The summed E-state index contributed by atoms with van der Waals surface area (Å²) in [6.45, 7) is 0. The summed E-state index contributed by atoms with van der Waals surface area (Å²) in [5.74, 6) is 0.957. The van der Waals surface area contributed by atoms with E-state index in [0.717, 1.165) is 37.0 Å². The molecule has 0 heterocycles. The summed E-state index contributed by atoms with van der Waals surface area (Å²) in [4.78, 5) is 12.3. The summed E-state index contributed by atoms with van der Waals surface area (Å²) in [7, 11) is 1.66. The van der Waals surface area contributed by atoms with Crippen LogP contribution < -0.4 is 10.1 Å². The summed E-state index contributed by atoms with van der Waals surface area (Å²) in [6.07, 6.45) is 4.52. The van der Waals surface area contributed by atoms with Gasteiger partial charge in [0.25, 0.3) is 0 Å². The van der Waals surface area contributed by atoms with Gasteiger partial charge in [-0.15, -0.1) is 0 Å². The maximum absolute atomic E-state index is 12.3. The number of hydrogen-bond donors (Lipinski definition) is 1. The van der Waals surface area contributed by atoms with Gasteiger partial charge < -0.3 is 10.1 Å². The van der Waals surface area contributed by atoms with Crippen LogP contribution in [-0.2, 0) is 17.6 Å². The molecule has 3 rings (SSSR count). The summed E-state index contributed by atoms with van der Waals surface area (Å²) in [6, 6.07) is 16.5. The number of benzene rings is 2. The first-order valence-corrected chi connectivity index (χ1v) is 8.26. The predicted molar refractivity (Wildman–Crippen MR) is 91.6 cm³/mol. The molecule has 0 aliphatic heterocycles. The van der Waals surface area contributed by atoms with Crippen LogP contribution in [-0.4, -0.2) is 13.0 Å². The average Bonchev–Trinajstić information content (AvgIpc) is 2.60. The molecule has 3 heteroatoms. The van der Waals surface area contributed by atoms with Crippen molar-refractivity contribution in [1.29, 1.82) is 0 Å². The fourth-order valence-corrected chi connectivity index (χ4v) is 3.26. The average molecular weight is 309 g/mol. The minimum Gasteiger partial charge on any atom is -0.497 e. The minimum atomic E-state index is 0.120. The quantitative estimate of drug-likeness (QED) is 0.912. The number of nitrogens with one attached hydrogen (secondary N) is 1. The van der Waals surface area contributed by atoms with Crippen molar-refractivity contribution in [2.45, 2.75) is 38.1 Å². The van der Waals surface area contributed by atoms with Crippen LogP contribution in [0.25, 0.3) is 0 Å². The number of carbonyl (C=O) groups excluding carboxylic acids is 1. The Hall–Kier alpha value is -2.29. The first-order valence-electron chi connectivity index (χ1n) is 8.26. The fourth-order valence-electron chi connectivity index (χ4n) is 3.26. The van der Waals surface area contributed by atoms with Crippen molar-refractivity contribution in [2.75, 3.05) is 7.11 Å². The van der Waals surface area contributed by atoms with Gasteiger partial charge in [-0.05, 0) is 54.5 Å². The molecule has 0 radical (unpaired) electrons. The third-order valence-corrected chi connectivity index (χ3v) is 4.48. The van der Waals surface area contributed by atoms with Crippen LogP contribution in [0.3, 0.4) is 0 Å². The van der Waals surface area contributed by atoms with Crippen LogP contribution in [0.1, 0.15) is 42.0 Å². The van der Waals surface area contributed by atoms with Gasteiger partial charge in [0.15, 0.2) is 0 Å². The number of fused-ring (bicyclic) bond motifs is 1. The van der Waals surface area contributed by atoms with Crippen LogP contribution >= 0.6 is 0 Å². The standard InChI is InChI=1S/C20H23NO2/c1-23-17-9-4-6-15(14-17)12-13-20(22)21-19-11-5-8-16-7-2-3-10-18(16)19/h2-4,6-7,9-10,14,19H,5,8,11-13H2,1H3,(H,21,22). The van der Waals surface area contributed by atoms with Crippen molar-refractivity contribution in [2.24, 2.45) is 0 Å². The molecule has 3 nitrogen and oxygen atoms in total. The van der Waals surface area contributed by atoms with Gasteiger partial charge in [0.1, 0.15) is 5.75 Å². The highest BCUT2D eigenvalue weighted by Crippen LogP contribution is 2.29. The summed E-state index contributed by atoms with van der Waals surface area (Å²) >= 11 is 0. The number of ether oxygens (including phenoxy) is 1. The first kappa shape index (κ1) is 15.6. The van der Waals surface area contributed by atoms with E-state index in [0.29, 0.717) is 6.42 Å². The second-order valence-electron chi connectivity index (χ2n) is 6.06. The topological polar surface area (TPSA) is 38.3 Å². The third kappa shape index (κ3) is 3.92. The smallest absolute Gasteiger partial charge is 0.220 e. The molecule has 0 aromatic heterocycles. The van der Waals surface area contributed by atoms with E-state index in [1.54, 1.807) is 7.11 Å². The number of rotatable bonds is 5. The molecule has 0 bridgehead atoms. The molecule has 1 amide bonds. The molecule has 0 saturated heterocycles. The second kappa shape index (κ2) is 7.32. The molecule has 1 aliphatic rings. The molecule has 120 valence electrons. The van der Waals surface area contributed by atoms with Gasteiger partial charge >= 0.3 is 0 Å². The van der Waals surface area contributed by atoms with Crippen molar-refractivity contribution in [3.63, 3.8) is 0 Å². The van der Waals surface area contributed by atoms with Gasteiger partial charge in [-0.1, -0.05) is 36.4 Å². The van der Waals surface area contributed by atoms with E-state index in [2.05, 4.69) is 29.6 Å². The van der Waals surface area contributed by atoms with Crippen molar-refractivity contribution in [3.05, 3.63) is 65.2 Å². The maximum atomic E-state index is 12.3. The first-order chi connectivity index (χ1) is 11.3. The van der Waals surface area contributed by atoms with E-state index in [9.17, 15) is 4.79 Å². The number of amides is 1. The van der Waals surface area contributed by atoms with Gasteiger partial charge in [-0.2, -0.15) is 0 Å². The predicted octanol–water partition coefficient (Wildman–Crippen LogP) is 3.82. The minimum absolute atomic E-state index is 0.120. The molecular formula is C20H23NO2. The van der Waals surface area contributed by atoms with Gasteiger partial charge in [-0.3, -0.25) is 4.79 Å². The zero-order valence-electron chi connectivity index (χ0n) is 13.5. The molecule has 2 aromatic rings. The van der Waals surface area contributed by atoms with E-state index in [4.69, 9.17) is 4.74 Å². The molecule has 1 unspecified atom stereocenters. The SMILES string of the molecule is COc1cccc(CCC(=O)NC2CCCc3ccccc32)c1. The van der Waals surface area contributed by atoms with E-state index >= 15 is 0 Å². The Bertz CT molecular complexity index is 681. The number of aryl methyl sites for hydroxylation is 2. The van der Waals surface area contributed by atoms with E-state index in [1.807, 2.05) is 24.3 Å².